The molecule has 0 aliphatic heterocycles. The topological polar surface area (TPSA) is 63.0 Å². The average Bonchev–Trinajstić information content (AvgIpc) is 3.11. The van der Waals surface area contributed by atoms with Crippen molar-refractivity contribution in [3.63, 3.8) is 0 Å². The number of hydrogen-bond donors (Lipinski definition) is 2. The maximum atomic E-state index is 5.41. The van der Waals surface area contributed by atoms with Crippen LogP contribution in [0.25, 0.3) is 5.65 Å². The molecule has 2 aromatic heterocycles. The number of aryl methyl sites for hydroxylation is 1. The molecule has 0 saturated carbocycles. The molecule has 0 saturated heterocycles. The number of nitrogens with one attached hydrogen (secondary N) is 2. The van der Waals surface area contributed by atoms with Crippen molar-refractivity contribution in [1.82, 2.24) is 20.0 Å². The second kappa shape index (κ2) is 9.07. The van der Waals surface area contributed by atoms with Gasteiger partial charge in [-0.1, -0.05) is 24.3 Å². The van der Waals surface area contributed by atoms with Crippen molar-refractivity contribution in [3.8, 4) is 5.75 Å². The molecule has 0 amide bonds. The van der Waals surface area contributed by atoms with Gasteiger partial charge in [0.1, 0.15) is 11.4 Å². The molecule has 27 heavy (non-hydrogen) atoms. The van der Waals surface area contributed by atoms with Gasteiger partial charge in [0.2, 0.25) is 0 Å². The number of hydrogen-bond acceptors (Lipinski definition) is 3. The second-order valence-corrected chi connectivity index (χ2v) is 6.31. The van der Waals surface area contributed by atoms with Crippen LogP contribution < -0.4 is 15.4 Å². The summed E-state index contributed by atoms with van der Waals surface area (Å²) in [5, 5.41) is 6.67. The van der Waals surface area contributed by atoms with Crippen molar-refractivity contribution in [2.24, 2.45) is 4.99 Å². The molecule has 0 aliphatic rings. The lowest BCUT2D eigenvalue weighted by atomic mass is 10.1. The number of guanidine groups is 1. The van der Waals surface area contributed by atoms with Crippen LogP contribution >= 0.6 is 0 Å². The highest BCUT2D eigenvalue weighted by molar-refractivity contribution is 5.79. The Balaban J connectivity index is 1.62. The maximum absolute atomic E-state index is 5.41. The summed E-state index contributed by atoms with van der Waals surface area (Å²) in [6.07, 6.45) is 2.91. The maximum Gasteiger partial charge on any atom is 0.191 e. The van der Waals surface area contributed by atoms with Gasteiger partial charge >= 0.3 is 0 Å². The molecule has 0 fully saturated rings. The first-order valence-electron chi connectivity index (χ1n) is 9.29. The number of rotatable bonds is 7. The van der Waals surface area contributed by atoms with Gasteiger partial charge in [-0.15, -0.1) is 0 Å². The van der Waals surface area contributed by atoms with E-state index in [9.17, 15) is 0 Å². The summed E-state index contributed by atoms with van der Waals surface area (Å²) >= 11 is 0. The molecule has 142 valence electrons. The highest BCUT2D eigenvalue weighted by Crippen LogP contribution is 2.17. The molecule has 0 unspecified atom stereocenters. The van der Waals surface area contributed by atoms with Gasteiger partial charge < -0.3 is 19.8 Å². The molecule has 0 bridgehead atoms. The first kappa shape index (κ1) is 18.8. The van der Waals surface area contributed by atoms with E-state index < -0.39 is 0 Å². The predicted octanol–water partition coefficient (Wildman–Crippen LogP) is 2.95. The number of aliphatic imine (C=N–C) groups is 1. The number of nitrogens with zero attached hydrogens (tertiary/aromatic N) is 3. The first-order valence-corrected chi connectivity index (χ1v) is 9.29. The summed E-state index contributed by atoms with van der Waals surface area (Å²) < 4.78 is 7.50. The Morgan fingerprint density at radius 1 is 1.15 bits per heavy atom. The van der Waals surface area contributed by atoms with Gasteiger partial charge in [-0.25, -0.2) is 9.98 Å². The van der Waals surface area contributed by atoms with Gasteiger partial charge in [-0.2, -0.15) is 0 Å². The van der Waals surface area contributed by atoms with Gasteiger partial charge in [0, 0.05) is 25.0 Å². The zero-order chi connectivity index (χ0) is 19.1. The van der Waals surface area contributed by atoms with Gasteiger partial charge in [0.05, 0.1) is 19.3 Å². The van der Waals surface area contributed by atoms with Crippen molar-refractivity contribution in [2.75, 3.05) is 20.2 Å². The SMILES string of the molecule is CCNC(=NCc1cn2c(C)cccc2n1)NCCc1ccccc1OC. The third kappa shape index (κ3) is 4.78. The number of imidazole rings is 1. The van der Waals surface area contributed by atoms with Crippen molar-refractivity contribution in [3.05, 3.63) is 65.6 Å². The van der Waals surface area contributed by atoms with E-state index in [0.29, 0.717) is 6.54 Å². The number of para-hydroxylation sites is 1. The third-order valence-electron chi connectivity index (χ3n) is 4.37. The minimum Gasteiger partial charge on any atom is -0.496 e. The fourth-order valence-corrected chi connectivity index (χ4v) is 3.00. The molecule has 0 spiro atoms. The van der Waals surface area contributed by atoms with E-state index in [1.165, 1.54) is 5.56 Å². The van der Waals surface area contributed by atoms with Crippen LogP contribution in [0.5, 0.6) is 5.75 Å². The second-order valence-electron chi connectivity index (χ2n) is 6.31. The number of ether oxygens (including phenoxy) is 1. The summed E-state index contributed by atoms with van der Waals surface area (Å²) in [4.78, 5) is 9.31. The summed E-state index contributed by atoms with van der Waals surface area (Å²) in [7, 11) is 1.70. The summed E-state index contributed by atoms with van der Waals surface area (Å²) in [5.74, 6) is 1.71. The average molecular weight is 365 g/mol. The van der Waals surface area contributed by atoms with E-state index in [1.807, 2.05) is 36.5 Å². The fraction of sp³-hybridized carbons (Fsp3) is 0.333. The monoisotopic (exact) mass is 365 g/mol. The highest BCUT2D eigenvalue weighted by Gasteiger charge is 2.05. The van der Waals surface area contributed by atoms with Gasteiger partial charge in [0.25, 0.3) is 0 Å². The molecule has 1 aromatic carbocycles. The minimum absolute atomic E-state index is 0.533. The molecule has 3 rings (SSSR count). The van der Waals surface area contributed by atoms with Crippen molar-refractivity contribution in [1.29, 1.82) is 0 Å². The molecule has 6 nitrogen and oxygen atoms in total. The molecule has 2 N–H and O–H groups in total. The van der Waals surface area contributed by atoms with Crippen LogP contribution in [0.4, 0.5) is 0 Å². The lowest BCUT2D eigenvalue weighted by Gasteiger charge is -2.12. The Bertz CT molecular complexity index is 916. The first-order chi connectivity index (χ1) is 13.2. The lowest BCUT2D eigenvalue weighted by molar-refractivity contribution is 0.409. The van der Waals surface area contributed by atoms with E-state index in [4.69, 9.17) is 4.74 Å². The van der Waals surface area contributed by atoms with E-state index in [0.717, 1.165) is 48.3 Å². The minimum atomic E-state index is 0.533. The molecule has 0 aliphatic carbocycles. The Hall–Kier alpha value is -3.02. The van der Waals surface area contributed by atoms with Crippen LogP contribution in [0, 0.1) is 6.92 Å². The third-order valence-corrected chi connectivity index (χ3v) is 4.37. The van der Waals surface area contributed by atoms with Crippen molar-refractivity contribution < 1.29 is 4.74 Å². The van der Waals surface area contributed by atoms with Crippen molar-refractivity contribution >= 4 is 11.6 Å². The van der Waals surface area contributed by atoms with Crippen LogP contribution in [0.3, 0.4) is 0 Å². The fourth-order valence-electron chi connectivity index (χ4n) is 3.00. The van der Waals surface area contributed by atoms with Crippen LogP contribution in [-0.2, 0) is 13.0 Å². The molecule has 0 radical (unpaired) electrons. The Morgan fingerprint density at radius 2 is 2.00 bits per heavy atom. The zero-order valence-electron chi connectivity index (χ0n) is 16.2. The lowest BCUT2D eigenvalue weighted by Crippen LogP contribution is -2.38. The number of fused-ring (bicyclic) bond motifs is 1. The van der Waals surface area contributed by atoms with Crippen LogP contribution in [0.15, 0.2) is 53.7 Å². The molecule has 0 atom stereocenters. The largest absolute Gasteiger partial charge is 0.496 e. The smallest absolute Gasteiger partial charge is 0.191 e. The molecule has 6 heteroatoms. The summed E-state index contributed by atoms with van der Waals surface area (Å²) in [6, 6.07) is 14.2. The van der Waals surface area contributed by atoms with Crippen LogP contribution in [0.2, 0.25) is 0 Å². The van der Waals surface area contributed by atoms with E-state index in [2.05, 4.69) is 51.0 Å². The molecular weight excluding hydrogens is 338 g/mol. The molecular formula is C21H27N5O. The number of methoxy groups -OCH3 is 1. The van der Waals surface area contributed by atoms with Gasteiger partial charge in [-0.3, -0.25) is 0 Å². The van der Waals surface area contributed by atoms with Gasteiger partial charge in [0.15, 0.2) is 5.96 Å². The van der Waals surface area contributed by atoms with Crippen molar-refractivity contribution in [2.45, 2.75) is 26.8 Å². The number of aromatic nitrogens is 2. The quantitative estimate of drug-likeness (QED) is 0.499. The van der Waals surface area contributed by atoms with E-state index in [-0.39, 0.29) is 0 Å². The number of pyridine rings is 1. The van der Waals surface area contributed by atoms with Crippen LogP contribution in [0.1, 0.15) is 23.9 Å². The van der Waals surface area contributed by atoms with Crippen LogP contribution in [-0.4, -0.2) is 35.5 Å². The Labute approximate surface area is 160 Å². The Kier molecular flexibility index (Phi) is 6.30. The standard InChI is InChI=1S/C21H27N5O/c1-4-22-21(23-13-12-17-9-5-6-10-19(17)27-3)24-14-18-15-26-16(2)8-7-11-20(26)25-18/h5-11,15H,4,12-14H2,1-3H3,(H2,22,23,24). The molecule has 2 heterocycles. The van der Waals surface area contributed by atoms with E-state index in [1.54, 1.807) is 7.11 Å². The predicted molar refractivity (Wildman–Crippen MR) is 109 cm³/mol. The normalized spacial score (nSPS) is 11.6. The summed E-state index contributed by atoms with van der Waals surface area (Å²) in [5.41, 5.74) is 4.25. The molecule has 3 aromatic rings. The Morgan fingerprint density at radius 3 is 2.78 bits per heavy atom. The highest BCUT2D eigenvalue weighted by atomic mass is 16.5. The van der Waals surface area contributed by atoms with Gasteiger partial charge in [-0.05, 0) is 44.0 Å². The summed E-state index contributed by atoms with van der Waals surface area (Å²) in [6.45, 7) is 6.25. The van der Waals surface area contributed by atoms with E-state index >= 15 is 0 Å². The zero-order valence-corrected chi connectivity index (χ0v) is 16.2. The number of benzene rings is 1.